The van der Waals surface area contributed by atoms with E-state index in [9.17, 15) is 4.79 Å². The highest BCUT2D eigenvalue weighted by Gasteiger charge is 2.46. The van der Waals surface area contributed by atoms with Crippen LogP contribution in [0, 0.1) is 0 Å². The number of hydrogen-bond acceptors (Lipinski definition) is 4. The fourth-order valence-electron chi connectivity index (χ4n) is 1.82. The highest BCUT2D eigenvalue weighted by atomic mass is 16.7. The number of methoxy groups -OCH3 is 2. The average Bonchev–Trinajstić information content (AvgIpc) is 2.37. The van der Waals surface area contributed by atoms with E-state index in [1.54, 1.807) is 19.1 Å². The molecule has 0 bridgehead atoms. The monoisotopic (exact) mass is 251 g/mol. The largest absolute Gasteiger partial charge is 0.445 e. The Morgan fingerprint density at radius 3 is 2.39 bits per heavy atom. The second-order valence-corrected chi connectivity index (χ2v) is 4.22. The lowest BCUT2D eigenvalue weighted by molar-refractivity contribution is -0.267. The molecule has 1 fully saturated rings. The fourth-order valence-corrected chi connectivity index (χ4v) is 1.82. The Hall–Kier alpha value is -1.59. The van der Waals surface area contributed by atoms with Crippen LogP contribution in [0.4, 0.5) is 4.79 Å². The molecule has 1 heterocycles. The summed E-state index contributed by atoms with van der Waals surface area (Å²) in [4.78, 5) is 13.3. The number of nitrogens with zero attached hydrogens (tertiary/aromatic N) is 1. The fraction of sp³-hybridized carbons (Fsp3) is 0.462. The van der Waals surface area contributed by atoms with Crippen LogP contribution in [-0.2, 0) is 20.8 Å². The number of likely N-dealkylation sites (tertiary alicyclic amines) is 1. The predicted octanol–water partition coefficient (Wildman–Crippen LogP) is 1.63. The summed E-state index contributed by atoms with van der Waals surface area (Å²) in [6, 6.07) is 9.57. The van der Waals surface area contributed by atoms with Gasteiger partial charge in [-0.1, -0.05) is 30.3 Å². The van der Waals surface area contributed by atoms with Crippen LogP contribution in [0.25, 0.3) is 0 Å². The molecule has 1 aromatic carbocycles. The molecule has 0 aliphatic carbocycles. The number of benzene rings is 1. The van der Waals surface area contributed by atoms with Crippen LogP contribution in [0.3, 0.4) is 0 Å². The quantitative estimate of drug-likeness (QED) is 0.763. The minimum atomic E-state index is -0.661. The predicted molar refractivity (Wildman–Crippen MR) is 64.9 cm³/mol. The number of amides is 1. The van der Waals surface area contributed by atoms with E-state index in [1.165, 1.54) is 0 Å². The highest BCUT2D eigenvalue weighted by Crippen LogP contribution is 2.25. The molecule has 5 heteroatoms. The van der Waals surface area contributed by atoms with Gasteiger partial charge in [0.2, 0.25) is 5.79 Å². The SMILES string of the molecule is COC1(OC)CN(C(=O)OCc2ccccc2)C1. The van der Waals surface area contributed by atoms with Gasteiger partial charge in [-0.05, 0) is 5.56 Å². The standard InChI is InChI=1S/C13H17NO4/c1-16-13(17-2)9-14(10-13)12(15)18-8-11-6-4-3-5-7-11/h3-7H,8-10H2,1-2H3. The van der Waals surface area contributed by atoms with Crippen molar-refractivity contribution in [3.63, 3.8) is 0 Å². The minimum absolute atomic E-state index is 0.281. The molecule has 0 N–H and O–H groups in total. The molecule has 1 saturated heterocycles. The van der Waals surface area contributed by atoms with Gasteiger partial charge in [0.1, 0.15) is 6.61 Å². The first kappa shape index (κ1) is 12.9. The van der Waals surface area contributed by atoms with Gasteiger partial charge >= 0.3 is 6.09 Å². The Labute approximate surface area is 106 Å². The lowest BCUT2D eigenvalue weighted by atomic mass is 10.1. The molecule has 1 aliphatic rings. The van der Waals surface area contributed by atoms with E-state index < -0.39 is 5.79 Å². The molecule has 1 amide bonds. The first-order valence-electron chi connectivity index (χ1n) is 5.75. The van der Waals surface area contributed by atoms with Crippen molar-refractivity contribution in [1.29, 1.82) is 0 Å². The van der Waals surface area contributed by atoms with E-state index in [4.69, 9.17) is 14.2 Å². The van der Waals surface area contributed by atoms with Crippen molar-refractivity contribution in [1.82, 2.24) is 4.90 Å². The van der Waals surface area contributed by atoms with E-state index in [2.05, 4.69) is 0 Å². The van der Waals surface area contributed by atoms with Gasteiger partial charge in [0, 0.05) is 14.2 Å². The third-order valence-corrected chi connectivity index (χ3v) is 3.07. The third-order valence-electron chi connectivity index (χ3n) is 3.07. The maximum absolute atomic E-state index is 11.7. The van der Waals surface area contributed by atoms with Crippen LogP contribution in [0.15, 0.2) is 30.3 Å². The number of carbonyl (C=O) groups excluding carboxylic acids is 1. The van der Waals surface area contributed by atoms with E-state index in [0.29, 0.717) is 13.1 Å². The maximum Gasteiger partial charge on any atom is 0.410 e. The van der Waals surface area contributed by atoms with Crippen molar-refractivity contribution >= 4 is 6.09 Å². The van der Waals surface area contributed by atoms with Gasteiger partial charge in [-0.15, -0.1) is 0 Å². The molecular weight excluding hydrogens is 234 g/mol. The Bertz CT molecular complexity index is 395. The van der Waals surface area contributed by atoms with E-state index in [1.807, 2.05) is 30.3 Å². The number of rotatable bonds is 4. The smallest absolute Gasteiger partial charge is 0.410 e. The lowest BCUT2D eigenvalue weighted by Gasteiger charge is -2.46. The zero-order chi connectivity index (χ0) is 13.0. The molecule has 18 heavy (non-hydrogen) atoms. The van der Waals surface area contributed by atoms with E-state index in [-0.39, 0.29) is 12.7 Å². The molecule has 0 unspecified atom stereocenters. The van der Waals surface area contributed by atoms with Crippen molar-refractivity contribution in [3.8, 4) is 0 Å². The molecule has 1 aliphatic heterocycles. The molecule has 0 aromatic heterocycles. The number of ether oxygens (including phenoxy) is 3. The van der Waals surface area contributed by atoms with Gasteiger partial charge in [0.05, 0.1) is 13.1 Å². The summed E-state index contributed by atoms with van der Waals surface area (Å²) in [5.41, 5.74) is 0.969. The zero-order valence-corrected chi connectivity index (χ0v) is 10.6. The Morgan fingerprint density at radius 1 is 1.22 bits per heavy atom. The van der Waals surface area contributed by atoms with Gasteiger partial charge in [-0.3, -0.25) is 4.90 Å². The van der Waals surface area contributed by atoms with Gasteiger partial charge < -0.3 is 14.2 Å². The Kier molecular flexibility index (Phi) is 3.84. The summed E-state index contributed by atoms with van der Waals surface area (Å²) < 4.78 is 15.6. The first-order chi connectivity index (χ1) is 8.69. The Balaban J connectivity index is 1.78. The zero-order valence-electron chi connectivity index (χ0n) is 10.6. The molecule has 1 aromatic rings. The summed E-state index contributed by atoms with van der Waals surface area (Å²) in [6.07, 6.45) is -0.344. The van der Waals surface area contributed by atoms with E-state index >= 15 is 0 Å². The van der Waals surface area contributed by atoms with Crippen LogP contribution < -0.4 is 0 Å². The van der Waals surface area contributed by atoms with Gasteiger partial charge in [0.25, 0.3) is 0 Å². The van der Waals surface area contributed by atoms with Crippen LogP contribution in [0.1, 0.15) is 5.56 Å². The lowest BCUT2D eigenvalue weighted by Crippen LogP contribution is -2.65. The summed E-state index contributed by atoms with van der Waals surface area (Å²) >= 11 is 0. The van der Waals surface area contributed by atoms with E-state index in [0.717, 1.165) is 5.56 Å². The third kappa shape index (κ3) is 2.63. The molecule has 98 valence electrons. The molecule has 0 saturated carbocycles. The molecule has 2 rings (SSSR count). The van der Waals surface area contributed by atoms with Crippen molar-refractivity contribution in [2.75, 3.05) is 27.3 Å². The molecule has 0 spiro atoms. The highest BCUT2D eigenvalue weighted by molar-refractivity contribution is 5.69. The first-order valence-corrected chi connectivity index (χ1v) is 5.75. The van der Waals surface area contributed by atoms with Crippen molar-refractivity contribution in [2.24, 2.45) is 0 Å². The molecular formula is C13H17NO4. The summed E-state index contributed by atoms with van der Waals surface area (Å²) in [7, 11) is 3.13. The topological polar surface area (TPSA) is 48.0 Å². The van der Waals surface area contributed by atoms with Crippen LogP contribution in [0.2, 0.25) is 0 Å². The number of carbonyl (C=O) groups is 1. The van der Waals surface area contributed by atoms with Crippen molar-refractivity contribution in [2.45, 2.75) is 12.4 Å². The van der Waals surface area contributed by atoms with Crippen LogP contribution >= 0.6 is 0 Å². The second-order valence-electron chi connectivity index (χ2n) is 4.22. The van der Waals surface area contributed by atoms with Crippen molar-refractivity contribution < 1.29 is 19.0 Å². The normalized spacial score (nSPS) is 17.1. The summed E-state index contributed by atoms with van der Waals surface area (Å²) in [5.74, 6) is -0.661. The maximum atomic E-state index is 11.7. The molecule has 5 nitrogen and oxygen atoms in total. The second kappa shape index (κ2) is 5.37. The molecule has 0 atom stereocenters. The van der Waals surface area contributed by atoms with Crippen LogP contribution in [-0.4, -0.2) is 44.1 Å². The van der Waals surface area contributed by atoms with Crippen LogP contribution in [0.5, 0.6) is 0 Å². The van der Waals surface area contributed by atoms with Gasteiger partial charge in [0.15, 0.2) is 0 Å². The summed E-state index contributed by atoms with van der Waals surface area (Å²) in [6.45, 7) is 1.07. The number of hydrogen-bond donors (Lipinski definition) is 0. The minimum Gasteiger partial charge on any atom is -0.445 e. The average molecular weight is 251 g/mol. The van der Waals surface area contributed by atoms with Gasteiger partial charge in [-0.25, -0.2) is 4.79 Å². The van der Waals surface area contributed by atoms with Gasteiger partial charge in [-0.2, -0.15) is 0 Å². The Morgan fingerprint density at radius 2 is 1.83 bits per heavy atom. The van der Waals surface area contributed by atoms with Crippen molar-refractivity contribution in [3.05, 3.63) is 35.9 Å². The summed E-state index contributed by atoms with van der Waals surface area (Å²) in [5, 5.41) is 0. The molecule has 0 radical (unpaired) electrons.